The van der Waals surface area contributed by atoms with Crippen LogP contribution in [0, 0.1) is 6.92 Å². The second-order valence-corrected chi connectivity index (χ2v) is 6.87. The molecule has 7 nitrogen and oxygen atoms in total. The van der Waals surface area contributed by atoms with Crippen LogP contribution >= 0.6 is 0 Å². The van der Waals surface area contributed by atoms with Gasteiger partial charge in [-0.1, -0.05) is 29.4 Å². The number of hydrogen-bond acceptors (Lipinski definition) is 7. The molecule has 0 atom stereocenters. The van der Waals surface area contributed by atoms with E-state index in [-0.39, 0.29) is 6.61 Å². The molecule has 0 unspecified atom stereocenters. The summed E-state index contributed by atoms with van der Waals surface area (Å²) in [6.07, 6.45) is 0.905. The number of hydrogen-bond donors (Lipinski definition) is 2. The fraction of sp³-hybridized carbons (Fsp3) is 0.409. The molecule has 2 aromatic heterocycles. The first-order valence-corrected chi connectivity index (χ1v) is 10.1. The van der Waals surface area contributed by atoms with Crippen LogP contribution < -0.4 is 10.2 Å². The van der Waals surface area contributed by atoms with Crippen LogP contribution in [0.2, 0.25) is 0 Å². The van der Waals surface area contributed by atoms with Crippen molar-refractivity contribution in [3.05, 3.63) is 47.7 Å². The van der Waals surface area contributed by atoms with E-state index in [1.54, 1.807) is 0 Å². The zero-order valence-electron chi connectivity index (χ0n) is 17.4. The normalized spacial score (nSPS) is 11.0. The van der Waals surface area contributed by atoms with E-state index < -0.39 is 0 Å². The molecule has 0 aliphatic carbocycles. The van der Waals surface area contributed by atoms with Crippen molar-refractivity contribution in [2.45, 2.75) is 27.2 Å². The molecular formula is C22H29N5O2. The largest absolute Gasteiger partial charge is 0.395 e. The highest BCUT2D eigenvalue weighted by molar-refractivity contribution is 5.63. The fourth-order valence-corrected chi connectivity index (χ4v) is 3.20. The minimum Gasteiger partial charge on any atom is -0.395 e. The van der Waals surface area contributed by atoms with Gasteiger partial charge < -0.3 is 19.8 Å². The van der Waals surface area contributed by atoms with E-state index in [4.69, 9.17) is 9.63 Å². The zero-order valence-corrected chi connectivity index (χ0v) is 17.4. The zero-order chi connectivity index (χ0) is 20.6. The van der Waals surface area contributed by atoms with Gasteiger partial charge >= 0.3 is 0 Å². The van der Waals surface area contributed by atoms with Crippen molar-refractivity contribution in [1.29, 1.82) is 0 Å². The average Bonchev–Trinajstić information content (AvgIpc) is 3.23. The Morgan fingerprint density at radius 3 is 2.45 bits per heavy atom. The lowest BCUT2D eigenvalue weighted by Crippen LogP contribution is -2.23. The first kappa shape index (κ1) is 21.0. The van der Waals surface area contributed by atoms with Crippen LogP contribution in [-0.2, 0) is 6.42 Å². The minimum atomic E-state index is 0.159. The maximum atomic E-state index is 8.80. The highest BCUT2D eigenvalue weighted by Crippen LogP contribution is 2.26. The van der Waals surface area contributed by atoms with Gasteiger partial charge in [-0.3, -0.25) is 0 Å². The van der Waals surface area contributed by atoms with Crippen LogP contribution in [0.4, 0.5) is 5.82 Å². The molecule has 2 N–H and O–H groups in total. The maximum absolute atomic E-state index is 8.80. The Balaban J connectivity index is 1.75. The molecule has 0 aliphatic heterocycles. The highest BCUT2D eigenvalue weighted by atomic mass is 16.5. The quantitative estimate of drug-likeness (QED) is 0.510. The minimum absolute atomic E-state index is 0.159. The van der Waals surface area contributed by atoms with E-state index >= 15 is 0 Å². The van der Waals surface area contributed by atoms with Gasteiger partial charge in [0.15, 0.2) is 0 Å². The van der Waals surface area contributed by atoms with E-state index in [1.807, 2.05) is 31.2 Å². The van der Waals surface area contributed by atoms with Crippen LogP contribution in [0.25, 0.3) is 22.8 Å². The third-order valence-electron chi connectivity index (χ3n) is 4.79. The molecule has 0 saturated heterocycles. The summed E-state index contributed by atoms with van der Waals surface area (Å²) in [5.74, 6) is 1.99. The van der Waals surface area contributed by atoms with E-state index in [0.29, 0.717) is 18.3 Å². The summed E-state index contributed by atoms with van der Waals surface area (Å²) in [5.41, 5.74) is 3.94. The molecule has 0 fully saturated rings. The molecular weight excluding hydrogens is 366 g/mol. The number of nitrogens with one attached hydrogen (secondary N) is 1. The van der Waals surface area contributed by atoms with Crippen LogP contribution in [0.5, 0.6) is 0 Å². The van der Waals surface area contributed by atoms with Gasteiger partial charge in [0, 0.05) is 36.5 Å². The molecule has 3 rings (SSSR count). The molecule has 0 saturated carbocycles. The summed E-state index contributed by atoms with van der Waals surface area (Å²) in [6.45, 7) is 9.60. The van der Waals surface area contributed by atoms with Crippen LogP contribution in [0.1, 0.15) is 25.1 Å². The molecule has 0 amide bonds. The van der Waals surface area contributed by atoms with Crippen LogP contribution in [-0.4, -0.2) is 53.0 Å². The Kier molecular flexibility index (Phi) is 7.32. The molecule has 29 heavy (non-hydrogen) atoms. The highest BCUT2D eigenvalue weighted by Gasteiger charge is 2.14. The summed E-state index contributed by atoms with van der Waals surface area (Å²) in [7, 11) is 0. The first-order valence-electron chi connectivity index (χ1n) is 10.1. The van der Waals surface area contributed by atoms with Crippen molar-refractivity contribution < 1.29 is 9.63 Å². The van der Waals surface area contributed by atoms with Crippen molar-refractivity contribution in [3.8, 4) is 22.8 Å². The number of aromatic nitrogens is 3. The second-order valence-electron chi connectivity index (χ2n) is 6.87. The lowest BCUT2D eigenvalue weighted by Gasteiger charge is -2.20. The molecule has 3 aromatic rings. The second kappa shape index (κ2) is 10.1. The molecule has 2 heterocycles. The summed E-state index contributed by atoms with van der Waals surface area (Å²) in [5, 5.41) is 16.1. The smallest absolute Gasteiger partial charge is 0.258 e. The van der Waals surface area contributed by atoms with Crippen molar-refractivity contribution in [2.24, 2.45) is 0 Å². The van der Waals surface area contributed by atoms with Crippen LogP contribution in [0.3, 0.4) is 0 Å². The number of aryl methyl sites for hydroxylation is 1. The summed E-state index contributed by atoms with van der Waals surface area (Å²) in [6, 6.07) is 12.1. The van der Waals surface area contributed by atoms with E-state index in [0.717, 1.165) is 48.7 Å². The number of benzene rings is 1. The molecule has 0 spiro atoms. The standard InChI is InChI=1S/C22H29N5O2/c1-4-27(5-2)20-15-19(14-16(3)24-20)22-25-21(26-29-22)18-8-6-17(7-9-18)10-11-23-12-13-28/h6-9,14-15,23,28H,4-5,10-13H2,1-3H3. The molecule has 0 radical (unpaired) electrons. The number of rotatable bonds is 10. The Morgan fingerprint density at radius 1 is 1.00 bits per heavy atom. The number of pyridine rings is 1. The number of aliphatic hydroxyl groups excluding tert-OH is 1. The van der Waals surface area contributed by atoms with Gasteiger partial charge in [0.05, 0.1) is 6.61 Å². The van der Waals surface area contributed by atoms with Gasteiger partial charge in [-0.05, 0) is 51.4 Å². The fourth-order valence-electron chi connectivity index (χ4n) is 3.20. The third kappa shape index (κ3) is 5.40. The molecule has 0 bridgehead atoms. The molecule has 0 aliphatic rings. The van der Waals surface area contributed by atoms with Crippen molar-refractivity contribution in [2.75, 3.05) is 37.7 Å². The average molecular weight is 396 g/mol. The topological polar surface area (TPSA) is 87.3 Å². The number of anilines is 1. The van der Waals surface area contributed by atoms with Crippen LogP contribution in [0.15, 0.2) is 40.9 Å². The Labute approximate surface area is 171 Å². The van der Waals surface area contributed by atoms with E-state index in [9.17, 15) is 0 Å². The van der Waals surface area contributed by atoms with Crippen molar-refractivity contribution in [1.82, 2.24) is 20.4 Å². The Morgan fingerprint density at radius 2 is 1.76 bits per heavy atom. The van der Waals surface area contributed by atoms with E-state index in [1.165, 1.54) is 5.56 Å². The van der Waals surface area contributed by atoms with Gasteiger partial charge in [-0.2, -0.15) is 4.98 Å². The first-order chi connectivity index (χ1) is 14.1. The lowest BCUT2D eigenvalue weighted by atomic mass is 10.1. The van der Waals surface area contributed by atoms with Gasteiger partial charge in [-0.15, -0.1) is 0 Å². The lowest BCUT2D eigenvalue weighted by molar-refractivity contribution is 0.293. The summed E-state index contributed by atoms with van der Waals surface area (Å²) in [4.78, 5) is 11.4. The Bertz CT molecular complexity index is 904. The molecule has 154 valence electrons. The van der Waals surface area contributed by atoms with Gasteiger partial charge in [-0.25, -0.2) is 4.98 Å². The predicted octanol–water partition coefficient (Wildman–Crippen LogP) is 3.08. The Hall–Kier alpha value is -2.77. The van der Waals surface area contributed by atoms with Gasteiger partial charge in [0.1, 0.15) is 5.82 Å². The third-order valence-corrected chi connectivity index (χ3v) is 4.79. The predicted molar refractivity (Wildman–Crippen MR) is 115 cm³/mol. The molecule has 7 heteroatoms. The van der Waals surface area contributed by atoms with Crippen molar-refractivity contribution >= 4 is 5.82 Å². The number of nitrogens with zero attached hydrogens (tertiary/aromatic N) is 4. The maximum Gasteiger partial charge on any atom is 0.258 e. The van der Waals surface area contributed by atoms with E-state index in [2.05, 4.69) is 51.3 Å². The monoisotopic (exact) mass is 395 g/mol. The summed E-state index contributed by atoms with van der Waals surface area (Å²) < 4.78 is 5.54. The van der Waals surface area contributed by atoms with Crippen molar-refractivity contribution in [3.63, 3.8) is 0 Å². The number of aliphatic hydroxyl groups is 1. The SMILES string of the molecule is CCN(CC)c1cc(-c2nc(-c3ccc(CCNCCO)cc3)no2)cc(C)n1. The van der Waals surface area contributed by atoms with Gasteiger partial charge in [0.25, 0.3) is 5.89 Å². The van der Waals surface area contributed by atoms with Gasteiger partial charge in [0.2, 0.25) is 5.82 Å². The summed E-state index contributed by atoms with van der Waals surface area (Å²) >= 11 is 0. The molecule has 1 aromatic carbocycles.